The third-order valence-corrected chi connectivity index (χ3v) is 2.46. The topological polar surface area (TPSA) is 26.3 Å². The first-order chi connectivity index (χ1) is 7.13. The number of carbonyl (C=O) groups excluding carboxylic acids is 1. The van der Waals surface area contributed by atoms with Gasteiger partial charge < -0.3 is 4.74 Å². The molecule has 1 aromatic rings. The van der Waals surface area contributed by atoms with E-state index in [1.165, 1.54) is 6.07 Å². The molecule has 4 heteroatoms. The monoisotopic (exact) mass is 274 g/mol. The fourth-order valence-corrected chi connectivity index (χ4v) is 1.33. The fraction of sp³-hybridized carbons (Fsp3) is 0.364. The molecule has 0 aliphatic heterocycles. The Morgan fingerprint density at radius 2 is 2.27 bits per heavy atom. The second-order valence-electron chi connectivity index (χ2n) is 3.15. The van der Waals surface area contributed by atoms with Gasteiger partial charge in [-0.1, -0.05) is 6.92 Å². The summed E-state index contributed by atoms with van der Waals surface area (Å²) >= 11 is 3.04. The summed E-state index contributed by atoms with van der Waals surface area (Å²) in [5.41, 5.74) is 0. The lowest BCUT2D eigenvalue weighted by Gasteiger charge is -2.05. The Hall–Kier alpha value is -0.900. The molecule has 0 spiro atoms. The second kappa shape index (κ2) is 5.85. The quantitative estimate of drug-likeness (QED) is 0.823. The van der Waals surface area contributed by atoms with E-state index in [0.29, 0.717) is 16.6 Å². The van der Waals surface area contributed by atoms with Gasteiger partial charge in [0.1, 0.15) is 18.2 Å². The lowest BCUT2D eigenvalue weighted by Crippen LogP contribution is -2.10. The van der Waals surface area contributed by atoms with Crippen LogP contribution in [-0.4, -0.2) is 12.4 Å². The highest BCUT2D eigenvalue weighted by Gasteiger charge is 2.04. The largest absolute Gasteiger partial charge is 0.486 e. The minimum absolute atomic E-state index is 0.00884. The van der Waals surface area contributed by atoms with E-state index >= 15 is 0 Å². The van der Waals surface area contributed by atoms with Crippen molar-refractivity contribution in [2.24, 2.45) is 0 Å². The molecule has 0 heterocycles. The highest BCUT2D eigenvalue weighted by Crippen LogP contribution is 2.20. The standard InChI is InChI=1S/C11H12BrFO2/c1-2-3-8(14)7-15-9-4-5-10(12)11(13)6-9/h4-6H,2-3,7H2,1H3. The first kappa shape index (κ1) is 12.2. The van der Waals surface area contributed by atoms with Gasteiger partial charge in [0, 0.05) is 12.5 Å². The molecule has 0 aliphatic carbocycles. The minimum atomic E-state index is -0.393. The van der Waals surface area contributed by atoms with Gasteiger partial charge in [0.05, 0.1) is 4.47 Å². The molecule has 15 heavy (non-hydrogen) atoms. The van der Waals surface area contributed by atoms with Gasteiger partial charge >= 0.3 is 0 Å². The van der Waals surface area contributed by atoms with Gasteiger partial charge in [-0.05, 0) is 34.5 Å². The Labute approximate surface area is 96.6 Å². The zero-order valence-corrected chi connectivity index (χ0v) is 10.0. The van der Waals surface area contributed by atoms with Gasteiger partial charge in [0.2, 0.25) is 0 Å². The average Bonchev–Trinajstić information content (AvgIpc) is 2.20. The number of carbonyl (C=O) groups is 1. The highest BCUT2D eigenvalue weighted by molar-refractivity contribution is 9.10. The van der Waals surface area contributed by atoms with Crippen molar-refractivity contribution in [3.63, 3.8) is 0 Å². The minimum Gasteiger partial charge on any atom is -0.486 e. The molecule has 0 N–H and O–H groups in total. The molecule has 0 atom stereocenters. The van der Waals surface area contributed by atoms with Crippen molar-refractivity contribution < 1.29 is 13.9 Å². The molecule has 1 rings (SSSR count). The van der Waals surface area contributed by atoms with Crippen LogP contribution >= 0.6 is 15.9 Å². The lowest BCUT2D eigenvalue weighted by molar-refractivity contribution is -0.121. The Kier molecular flexibility index (Phi) is 4.75. The Bertz CT molecular complexity index is 352. The predicted octanol–water partition coefficient (Wildman–Crippen LogP) is 3.34. The molecule has 0 saturated heterocycles. The van der Waals surface area contributed by atoms with E-state index in [1.807, 2.05) is 6.92 Å². The van der Waals surface area contributed by atoms with Crippen molar-refractivity contribution >= 4 is 21.7 Å². The summed E-state index contributed by atoms with van der Waals surface area (Å²) in [5.74, 6) is 0.0106. The maximum absolute atomic E-state index is 13.0. The van der Waals surface area contributed by atoms with Crippen LogP contribution in [0.15, 0.2) is 22.7 Å². The first-order valence-corrected chi connectivity index (χ1v) is 5.52. The van der Waals surface area contributed by atoms with E-state index in [1.54, 1.807) is 12.1 Å². The lowest BCUT2D eigenvalue weighted by atomic mass is 10.2. The Balaban J connectivity index is 2.51. The van der Waals surface area contributed by atoms with Gasteiger partial charge in [-0.15, -0.1) is 0 Å². The van der Waals surface area contributed by atoms with Crippen LogP contribution in [0.5, 0.6) is 5.75 Å². The van der Waals surface area contributed by atoms with Crippen LogP contribution in [0.4, 0.5) is 4.39 Å². The van der Waals surface area contributed by atoms with Gasteiger partial charge in [0.25, 0.3) is 0 Å². The van der Waals surface area contributed by atoms with Crippen LogP contribution in [0.25, 0.3) is 0 Å². The summed E-state index contributed by atoms with van der Waals surface area (Å²) < 4.78 is 18.6. The van der Waals surface area contributed by atoms with Gasteiger partial charge in [0.15, 0.2) is 5.78 Å². The number of Topliss-reactive ketones (excluding diaryl/α,β-unsaturated/α-hetero) is 1. The van der Waals surface area contributed by atoms with Crippen molar-refractivity contribution in [1.82, 2.24) is 0 Å². The molecular weight excluding hydrogens is 263 g/mol. The smallest absolute Gasteiger partial charge is 0.170 e. The van der Waals surface area contributed by atoms with Gasteiger partial charge in [-0.25, -0.2) is 4.39 Å². The molecule has 0 radical (unpaired) electrons. The SMILES string of the molecule is CCCC(=O)COc1ccc(Br)c(F)c1. The number of halogens is 2. The molecule has 0 amide bonds. The van der Waals surface area contributed by atoms with E-state index in [-0.39, 0.29) is 12.4 Å². The Morgan fingerprint density at radius 1 is 1.53 bits per heavy atom. The molecule has 0 fully saturated rings. The zero-order valence-electron chi connectivity index (χ0n) is 8.43. The predicted molar refractivity (Wildman–Crippen MR) is 59.5 cm³/mol. The van der Waals surface area contributed by atoms with E-state index in [4.69, 9.17) is 4.74 Å². The summed E-state index contributed by atoms with van der Waals surface area (Å²) in [4.78, 5) is 11.1. The molecule has 0 unspecified atom stereocenters. The summed E-state index contributed by atoms with van der Waals surface area (Å²) in [5, 5.41) is 0. The molecule has 0 saturated carbocycles. The normalized spacial score (nSPS) is 10.1. The third-order valence-electron chi connectivity index (χ3n) is 1.82. The maximum atomic E-state index is 13.0. The molecule has 0 aliphatic rings. The zero-order chi connectivity index (χ0) is 11.3. The number of benzene rings is 1. The van der Waals surface area contributed by atoms with Crippen LogP contribution in [-0.2, 0) is 4.79 Å². The third kappa shape index (κ3) is 4.00. The molecular formula is C11H12BrFO2. The van der Waals surface area contributed by atoms with Gasteiger partial charge in [-0.3, -0.25) is 4.79 Å². The van der Waals surface area contributed by atoms with Crippen molar-refractivity contribution in [1.29, 1.82) is 0 Å². The number of ether oxygens (including phenoxy) is 1. The maximum Gasteiger partial charge on any atom is 0.170 e. The number of ketones is 1. The van der Waals surface area contributed by atoms with Crippen LogP contribution in [0, 0.1) is 5.82 Å². The molecule has 2 nitrogen and oxygen atoms in total. The van der Waals surface area contributed by atoms with Gasteiger partial charge in [-0.2, -0.15) is 0 Å². The van der Waals surface area contributed by atoms with Crippen LogP contribution < -0.4 is 4.74 Å². The summed E-state index contributed by atoms with van der Waals surface area (Å²) in [6.07, 6.45) is 1.30. The molecule has 1 aromatic carbocycles. The molecule has 0 aromatic heterocycles. The molecule has 82 valence electrons. The summed E-state index contributed by atoms with van der Waals surface area (Å²) in [6, 6.07) is 4.42. The fourth-order valence-electron chi connectivity index (χ4n) is 1.08. The van der Waals surface area contributed by atoms with E-state index in [2.05, 4.69) is 15.9 Å². The van der Waals surface area contributed by atoms with Crippen LogP contribution in [0.3, 0.4) is 0 Å². The average molecular weight is 275 g/mol. The summed E-state index contributed by atoms with van der Waals surface area (Å²) in [7, 11) is 0. The first-order valence-electron chi connectivity index (χ1n) is 4.73. The second-order valence-corrected chi connectivity index (χ2v) is 4.01. The highest BCUT2D eigenvalue weighted by atomic mass is 79.9. The van der Waals surface area contributed by atoms with E-state index in [0.717, 1.165) is 6.42 Å². The summed E-state index contributed by atoms with van der Waals surface area (Å²) in [6.45, 7) is 1.94. The number of hydrogen-bond donors (Lipinski definition) is 0. The Morgan fingerprint density at radius 3 is 2.87 bits per heavy atom. The van der Waals surface area contributed by atoms with Crippen molar-refractivity contribution in [3.05, 3.63) is 28.5 Å². The van der Waals surface area contributed by atoms with E-state index in [9.17, 15) is 9.18 Å². The molecule has 0 bridgehead atoms. The van der Waals surface area contributed by atoms with Crippen molar-refractivity contribution in [2.75, 3.05) is 6.61 Å². The van der Waals surface area contributed by atoms with Crippen LogP contribution in [0.1, 0.15) is 19.8 Å². The van der Waals surface area contributed by atoms with E-state index < -0.39 is 5.82 Å². The van der Waals surface area contributed by atoms with Crippen molar-refractivity contribution in [2.45, 2.75) is 19.8 Å². The van der Waals surface area contributed by atoms with Crippen LogP contribution in [0.2, 0.25) is 0 Å². The van der Waals surface area contributed by atoms with Crippen molar-refractivity contribution in [3.8, 4) is 5.75 Å². The number of hydrogen-bond acceptors (Lipinski definition) is 2. The number of rotatable bonds is 5.